The lowest BCUT2D eigenvalue weighted by Crippen LogP contribution is -1.83. The zero-order valence-corrected chi connectivity index (χ0v) is 10.8. The lowest BCUT2D eigenvalue weighted by atomic mass is 10.3. The molecule has 1 heterocycles. The molecule has 18 heavy (non-hydrogen) atoms. The van der Waals surface area contributed by atoms with E-state index < -0.39 is 0 Å². The average molecular weight is 277 g/mol. The van der Waals surface area contributed by atoms with Gasteiger partial charge in [0, 0.05) is 5.69 Å². The molecule has 2 aromatic carbocycles. The predicted molar refractivity (Wildman–Crippen MR) is 75.6 cm³/mol. The fourth-order valence-electron chi connectivity index (χ4n) is 1.59. The van der Waals surface area contributed by atoms with Crippen LogP contribution in [0.1, 0.15) is 0 Å². The Balaban J connectivity index is 1.98. The number of nitrogen functional groups attached to an aromatic ring is 1. The number of anilines is 1. The molecule has 0 bridgehead atoms. The molecule has 0 unspecified atom stereocenters. The van der Waals surface area contributed by atoms with Crippen molar-refractivity contribution in [2.45, 2.75) is 0 Å². The fourth-order valence-corrected chi connectivity index (χ4v) is 2.64. The second-order valence-electron chi connectivity index (χ2n) is 3.74. The van der Waals surface area contributed by atoms with Gasteiger partial charge in [0.1, 0.15) is 5.75 Å². The Morgan fingerprint density at radius 1 is 1.17 bits per heavy atom. The number of ether oxygens (including phenoxy) is 1. The first-order valence-electron chi connectivity index (χ1n) is 5.31. The van der Waals surface area contributed by atoms with Gasteiger partial charge in [-0.3, -0.25) is 0 Å². The molecule has 0 atom stereocenters. The summed E-state index contributed by atoms with van der Waals surface area (Å²) in [5, 5.41) is 1.12. The lowest BCUT2D eigenvalue weighted by Gasteiger charge is -2.02. The van der Waals surface area contributed by atoms with Crippen molar-refractivity contribution >= 4 is 38.8 Å². The maximum Gasteiger partial charge on any atom is 0.279 e. The SMILES string of the molecule is Nc1ccc2nc(Oc3ccccc3Cl)sc2c1. The van der Waals surface area contributed by atoms with Crippen LogP contribution in [0.5, 0.6) is 10.9 Å². The van der Waals surface area contributed by atoms with E-state index in [9.17, 15) is 0 Å². The summed E-state index contributed by atoms with van der Waals surface area (Å²) in [5.74, 6) is 0.603. The Morgan fingerprint density at radius 2 is 2.00 bits per heavy atom. The van der Waals surface area contributed by atoms with Gasteiger partial charge in [-0.25, -0.2) is 4.98 Å². The minimum absolute atomic E-state index is 0.559. The zero-order chi connectivity index (χ0) is 12.5. The number of fused-ring (bicyclic) bond motifs is 1. The van der Waals surface area contributed by atoms with Crippen LogP contribution in [0.4, 0.5) is 5.69 Å². The van der Waals surface area contributed by atoms with Crippen LogP contribution in [0, 0.1) is 0 Å². The van der Waals surface area contributed by atoms with Gasteiger partial charge in [0.15, 0.2) is 0 Å². The van der Waals surface area contributed by atoms with Crippen LogP contribution in [-0.4, -0.2) is 4.98 Å². The highest BCUT2D eigenvalue weighted by Crippen LogP contribution is 2.34. The standard InChI is InChI=1S/C13H9ClN2OS/c14-9-3-1-2-4-11(9)17-13-16-10-6-5-8(15)7-12(10)18-13/h1-7H,15H2. The van der Waals surface area contributed by atoms with E-state index >= 15 is 0 Å². The van der Waals surface area contributed by atoms with Gasteiger partial charge in [-0.1, -0.05) is 35.1 Å². The van der Waals surface area contributed by atoms with E-state index in [1.54, 1.807) is 6.07 Å². The van der Waals surface area contributed by atoms with Crippen LogP contribution in [0.2, 0.25) is 5.02 Å². The number of hydrogen-bond donors (Lipinski definition) is 1. The Labute approximate surface area is 113 Å². The third kappa shape index (κ3) is 2.12. The monoisotopic (exact) mass is 276 g/mol. The summed E-state index contributed by atoms with van der Waals surface area (Å²) >= 11 is 7.47. The maximum absolute atomic E-state index is 6.03. The van der Waals surface area contributed by atoms with Crippen LogP contribution in [-0.2, 0) is 0 Å². The second-order valence-corrected chi connectivity index (χ2v) is 5.14. The molecule has 2 N–H and O–H groups in total. The first-order chi connectivity index (χ1) is 8.72. The Bertz CT molecular complexity index is 711. The smallest absolute Gasteiger partial charge is 0.279 e. The summed E-state index contributed by atoms with van der Waals surface area (Å²) in [4.78, 5) is 4.37. The number of aromatic nitrogens is 1. The largest absolute Gasteiger partial charge is 0.429 e. The summed E-state index contributed by atoms with van der Waals surface area (Å²) in [6, 6.07) is 12.9. The summed E-state index contributed by atoms with van der Waals surface area (Å²) in [6.45, 7) is 0. The van der Waals surface area contributed by atoms with Crippen LogP contribution in [0.3, 0.4) is 0 Å². The number of benzene rings is 2. The summed E-state index contributed by atoms with van der Waals surface area (Å²) in [7, 11) is 0. The van der Waals surface area contributed by atoms with Gasteiger partial charge in [0.2, 0.25) is 0 Å². The number of halogens is 1. The minimum Gasteiger partial charge on any atom is -0.429 e. The van der Waals surface area contributed by atoms with E-state index in [1.165, 1.54) is 11.3 Å². The van der Waals surface area contributed by atoms with Crippen molar-refractivity contribution in [1.29, 1.82) is 0 Å². The minimum atomic E-state index is 0.559. The van der Waals surface area contributed by atoms with E-state index in [4.69, 9.17) is 22.1 Å². The van der Waals surface area contributed by atoms with Gasteiger partial charge >= 0.3 is 0 Å². The molecule has 3 nitrogen and oxygen atoms in total. The molecule has 0 aliphatic heterocycles. The molecule has 3 aromatic rings. The van der Waals surface area contributed by atoms with Crippen LogP contribution in [0.25, 0.3) is 10.2 Å². The van der Waals surface area contributed by atoms with Crippen molar-refractivity contribution in [3.05, 3.63) is 47.5 Å². The number of hydrogen-bond acceptors (Lipinski definition) is 4. The molecule has 0 aliphatic carbocycles. The predicted octanol–water partition coefficient (Wildman–Crippen LogP) is 4.32. The van der Waals surface area contributed by atoms with Gasteiger partial charge in [0.25, 0.3) is 5.19 Å². The fraction of sp³-hybridized carbons (Fsp3) is 0. The maximum atomic E-state index is 6.03. The van der Waals surface area contributed by atoms with Crippen molar-refractivity contribution in [2.24, 2.45) is 0 Å². The first-order valence-corrected chi connectivity index (χ1v) is 6.50. The lowest BCUT2D eigenvalue weighted by molar-refractivity contribution is 0.480. The van der Waals surface area contributed by atoms with Gasteiger partial charge in [0.05, 0.1) is 15.2 Å². The molecule has 0 fully saturated rings. The van der Waals surface area contributed by atoms with Crippen molar-refractivity contribution < 1.29 is 4.74 Å². The molecule has 0 amide bonds. The van der Waals surface area contributed by atoms with Crippen LogP contribution >= 0.6 is 22.9 Å². The zero-order valence-electron chi connectivity index (χ0n) is 9.26. The first kappa shape index (κ1) is 11.3. The van der Waals surface area contributed by atoms with Gasteiger partial charge < -0.3 is 10.5 Å². The van der Waals surface area contributed by atoms with Gasteiger partial charge in [-0.15, -0.1) is 0 Å². The summed E-state index contributed by atoms with van der Waals surface area (Å²) in [5.41, 5.74) is 7.32. The molecule has 0 spiro atoms. The second kappa shape index (κ2) is 4.48. The van der Waals surface area contributed by atoms with Crippen molar-refractivity contribution in [2.75, 3.05) is 5.73 Å². The number of para-hydroxylation sites is 1. The van der Waals surface area contributed by atoms with Crippen molar-refractivity contribution in [1.82, 2.24) is 4.98 Å². The number of nitrogens with two attached hydrogens (primary N) is 1. The molecular formula is C13H9ClN2OS. The quantitative estimate of drug-likeness (QED) is 0.709. The Kier molecular flexibility index (Phi) is 2.81. The Hall–Kier alpha value is -1.78. The molecule has 5 heteroatoms. The Morgan fingerprint density at radius 3 is 2.83 bits per heavy atom. The highest BCUT2D eigenvalue weighted by Gasteiger charge is 2.08. The van der Waals surface area contributed by atoms with E-state index in [0.29, 0.717) is 16.0 Å². The molecule has 0 saturated carbocycles. The highest BCUT2D eigenvalue weighted by atomic mass is 35.5. The van der Waals surface area contributed by atoms with Crippen molar-refractivity contribution in [3.63, 3.8) is 0 Å². The molecular weight excluding hydrogens is 268 g/mol. The van der Waals surface area contributed by atoms with Crippen LogP contribution in [0.15, 0.2) is 42.5 Å². The number of thiazole rings is 1. The molecule has 90 valence electrons. The van der Waals surface area contributed by atoms with Gasteiger partial charge in [-0.05, 0) is 30.3 Å². The van der Waals surface area contributed by atoms with E-state index in [-0.39, 0.29) is 0 Å². The number of nitrogens with zero attached hydrogens (tertiary/aromatic N) is 1. The van der Waals surface area contributed by atoms with E-state index in [2.05, 4.69) is 4.98 Å². The normalized spacial score (nSPS) is 10.7. The van der Waals surface area contributed by atoms with E-state index in [1.807, 2.05) is 36.4 Å². The molecule has 0 saturated heterocycles. The average Bonchev–Trinajstić information content (AvgIpc) is 2.73. The van der Waals surface area contributed by atoms with Crippen molar-refractivity contribution in [3.8, 4) is 10.9 Å². The third-order valence-corrected chi connectivity index (χ3v) is 3.64. The number of rotatable bonds is 2. The van der Waals surface area contributed by atoms with Gasteiger partial charge in [-0.2, -0.15) is 0 Å². The third-order valence-electron chi connectivity index (χ3n) is 2.43. The molecule has 3 rings (SSSR count). The summed E-state index contributed by atoms with van der Waals surface area (Å²) in [6.07, 6.45) is 0. The topological polar surface area (TPSA) is 48.1 Å². The van der Waals surface area contributed by atoms with E-state index in [0.717, 1.165) is 15.9 Å². The molecule has 0 radical (unpaired) electrons. The molecule has 0 aliphatic rings. The summed E-state index contributed by atoms with van der Waals surface area (Å²) < 4.78 is 6.67. The highest BCUT2D eigenvalue weighted by molar-refractivity contribution is 7.20. The van der Waals surface area contributed by atoms with Crippen LogP contribution < -0.4 is 10.5 Å². The molecule has 1 aromatic heterocycles.